The van der Waals surface area contributed by atoms with E-state index in [2.05, 4.69) is 5.32 Å². The second kappa shape index (κ2) is 8.11. The Labute approximate surface area is 139 Å². The van der Waals surface area contributed by atoms with Gasteiger partial charge in [-0.25, -0.2) is 0 Å². The highest BCUT2D eigenvalue weighted by atomic mass is 16.2. The van der Waals surface area contributed by atoms with Gasteiger partial charge in [0, 0.05) is 12.7 Å². The van der Waals surface area contributed by atoms with Crippen LogP contribution in [-0.2, 0) is 9.59 Å². The minimum Gasteiger partial charge on any atom is -0.335 e. The summed E-state index contributed by atoms with van der Waals surface area (Å²) in [5.74, 6) is -0.325. The van der Waals surface area contributed by atoms with Crippen LogP contribution >= 0.6 is 0 Å². The highest BCUT2D eigenvalue weighted by molar-refractivity contribution is 5.96. The summed E-state index contributed by atoms with van der Waals surface area (Å²) in [5, 5.41) is 2.90. The number of aryl methyl sites for hydroxylation is 3. The molecule has 0 aliphatic carbocycles. The zero-order valence-electron chi connectivity index (χ0n) is 15.1. The van der Waals surface area contributed by atoms with Gasteiger partial charge in [-0.1, -0.05) is 38.0 Å². The molecule has 0 spiro atoms. The summed E-state index contributed by atoms with van der Waals surface area (Å²) in [5.41, 5.74) is 9.94. The van der Waals surface area contributed by atoms with Crippen molar-refractivity contribution in [1.82, 2.24) is 4.90 Å². The second-order valence-electron chi connectivity index (χ2n) is 6.43. The molecule has 0 aliphatic rings. The van der Waals surface area contributed by atoms with E-state index in [1.165, 1.54) is 4.90 Å². The fraction of sp³-hybridized carbons (Fsp3) is 0.556. The van der Waals surface area contributed by atoms with Gasteiger partial charge < -0.3 is 16.0 Å². The summed E-state index contributed by atoms with van der Waals surface area (Å²) in [7, 11) is 1.61. The van der Waals surface area contributed by atoms with Gasteiger partial charge in [-0.05, 0) is 37.8 Å². The molecule has 2 atom stereocenters. The van der Waals surface area contributed by atoms with Gasteiger partial charge >= 0.3 is 0 Å². The molecular weight excluding hydrogens is 290 g/mol. The van der Waals surface area contributed by atoms with Crippen LogP contribution in [0.3, 0.4) is 0 Å². The van der Waals surface area contributed by atoms with Crippen LogP contribution in [0.1, 0.15) is 37.0 Å². The molecule has 23 heavy (non-hydrogen) atoms. The van der Waals surface area contributed by atoms with Gasteiger partial charge in [0.25, 0.3) is 0 Å². The minimum absolute atomic E-state index is 0.00424. The van der Waals surface area contributed by atoms with Gasteiger partial charge in [0.15, 0.2) is 0 Å². The highest BCUT2D eigenvalue weighted by Gasteiger charge is 2.24. The Morgan fingerprint density at radius 2 is 1.74 bits per heavy atom. The molecule has 0 radical (unpaired) electrons. The van der Waals surface area contributed by atoms with Crippen molar-refractivity contribution in [3.05, 3.63) is 28.8 Å². The maximum atomic E-state index is 12.2. The van der Waals surface area contributed by atoms with Crippen LogP contribution in [0.4, 0.5) is 5.69 Å². The lowest BCUT2D eigenvalue weighted by molar-refractivity contribution is -0.135. The molecule has 2 unspecified atom stereocenters. The fourth-order valence-corrected chi connectivity index (χ4v) is 2.60. The normalized spacial score (nSPS) is 13.3. The summed E-state index contributed by atoms with van der Waals surface area (Å²) in [6, 6.07) is 3.48. The predicted molar refractivity (Wildman–Crippen MR) is 94.4 cm³/mol. The number of nitrogens with one attached hydrogen (secondary N) is 1. The van der Waals surface area contributed by atoms with Gasteiger partial charge in [0.1, 0.15) is 0 Å². The topological polar surface area (TPSA) is 75.4 Å². The summed E-state index contributed by atoms with van der Waals surface area (Å²) < 4.78 is 0. The zero-order valence-corrected chi connectivity index (χ0v) is 15.1. The molecule has 0 heterocycles. The third-order valence-corrected chi connectivity index (χ3v) is 4.24. The number of nitrogens with zero attached hydrogens (tertiary/aromatic N) is 1. The molecule has 1 aromatic rings. The number of carbonyl (C=O) groups is 2. The predicted octanol–water partition coefficient (Wildman–Crippen LogP) is 2.38. The van der Waals surface area contributed by atoms with Crippen LogP contribution in [0.15, 0.2) is 12.1 Å². The monoisotopic (exact) mass is 319 g/mol. The van der Waals surface area contributed by atoms with Gasteiger partial charge in [-0.3, -0.25) is 9.59 Å². The van der Waals surface area contributed by atoms with Crippen LogP contribution in [-0.4, -0.2) is 36.3 Å². The van der Waals surface area contributed by atoms with Crippen molar-refractivity contribution in [2.75, 3.05) is 18.9 Å². The lowest BCUT2D eigenvalue weighted by atomic mass is 9.99. The molecule has 1 aromatic carbocycles. The molecule has 0 aromatic heterocycles. The van der Waals surface area contributed by atoms with Crippen LogP contribution in [0, 0.1) is 26.7 Å². The number of hydrogen-bond acceptors (Lipinski definition) is 3. The number of amides is 2. The first-order chi connectivity index (χ1) is 10.7. The van der Waals surface area contributed by atoms with Crippen LogP contribution < -0.4 is 11.1 Å². The molecule has 2 amide bonds. The molecular formula is C18H29N3O2. The van der Waals surface area contributed by atoms with Gasteiger partial charge in [-0.15, -0.1) is 0 Å². The van der Waals surface area contributed by atoms with Crippen molar-refractivity contribution in [3.8, 4) is 0 Å². The van der Waals surface area contributed by atoms with Gasteiger partial charge in [0.05, 0.1) is 12.6 Å². The zero-order chi connectivity index (χ0) is 17.7. The van der Waals surface area contributed by atoms with E-state index in [4.69, 9.17) is 5.73 Å². The Balaban J connectivity index is 2.72. The standard InChI is InChI=1S/C18H29N3O2/c1-7-12(3)16(19)18(23)21(6)10-15(22)20-17-13(4)8-11(2)9-14(17)5/h8-9,12,16H,7,10,19H2,1-6H3,(H,20,22). The van der Waals surface area contributed by atoms with Crippen molar-refractivity contribution < 1.29 is 9.59 Å². The van der Waals surface area contributed by atoms with E-state index >= 15 is 0 Å². The molecule has 5 heteroatoms. The third kappa shape index (κ3) is 5.06. The largest absolute Gasteiger partial charge is 0.335 e. The van der Waals surface area contributed by atoms with Crippen molar-refractivity contribution in [2.45, 2.75) is 47.1 Å². The Bertz CT molecular complexity index is 561. The average Bonchev–Trinajstić information content (AvgIpc) is 2.48. The van der Waals surface area contributed by atoms with Gasteiger partial charge in [-0.2, -0.15) is 0 Å². The second-order valence-corrected chi connectivity index (χ2v) is 6.43. The highest BCUT2D eigenvalue weighted by Crippen LogP contribution is 2.21. The Hall–Kier alpha value is -1.88. The van der Waals surface area contributed by atoms with Crippen molar-refractivity contribution in [2.24, 2.45) is 11.7 Å². The van der Waals surface area contributed by atoms with Crippen molar-refractivity contribution in [3.63, 3.8) is 0 Å². The molecule has 1 rings (SSSR count). The quantitative estimate of drug-likeness (QED) is 0.845. The van der Waals surface area contributed by atoms with E-state index in [1.54, 1.807) is 7.05 Å². The first-order valence-corrected chi connectivity index (χ1v) is 8.05. The summed E-state index contributed by atoms with van der Waals surface area (Å²) in [6.07, 6.45) is 0.828. The number of carbonyl (C=O) groups excluding carboxylic acids is 2. The minimum atomic E-state index is -0.569. The number of hydrogen-bond donors (Lipinski definition) is 2. The Kier molecular flexibility index (Phi) is 6.76. The number of nitrogens with two attached hydrogens (primary N) is 1. The molecule has 0 bridgehead atoms. The molecule has 128 valence electrons. The molecule has 3 N–H and O–H groups in total. The van der Waals surface area contributed by atoms with E-state index in [0.29, 0.717) is 0 Å². The van der Waals surface area contributed by atoms with Crippen molar-refractivity contribution in [1.29, 1.82) is 0 Å². The lowest BCUT2D eigenvalue weighted by Crippen LogP contribution is -2.47. The average molecular weight is 319 g/mol. The van der Waals surface area contributed by atoms with E-state index in [0.717, 1.165) is 28.8 Å². The first-order valence-electron chi connectivity index (χ1n) is 8.05. The molecule has 5 nitrogen and oxygen atoms in total. The third-order valence-electron chi connectivity index (χ3n) is 4.24. The number of likely N-dealkylation sites (N-methyl/N-ethyl adjacent to an activating group) is 1. The van der Waals surface area contributed by atoms with Crippen molar-refractivity contribution >= 4 is 17.5 Å². The molecule has 0 fully saturated rings. The van der Waals surface area contributed by atoms with E-state index in [9.17, 15) is 9.59 Å². The maximum absolute atomic E-state index is 12.2. The van der Waals surface area contributed by atoms with Crippen LogP contribution in [0.25, 0.3) is 0 Å². The smallest absolute Gasteiger partial charge is 0.243 e. The SMILES string of the molecule is CCC(C)C(N)C(=O)N(C)CC(=O)Nc1c(C)cc(C)cc1C. The Morgan fingerprint density at radius 3 is 2.22 bits per heavy atom. The summed E-state index contributed by atoms with van der Waals surface area (Å²) in [4.78, 5) is 25.9. The van der Waals surface area contributed by atoms with E-state index in [1.807, 2.05) is 46.8 Å². The maximum Gasteiger partial charge on any atom is 0.243 e. The van der Waals surface area contributed by atoms with Crippen LogP contribution in [0.5, 0.6) is 0 Å². The van der Waals surface area contributed by atoms with Gasteiger partial charge in [0.2, 0.25) is 11.8 Å². The molecule has 0 saturated heterocycles. The first kappa shape index (κ1) is 19.2. The number of rotatable bonds is 6. The summed E-state index contributed by atoms with van der Waals surface area (Å²) >= 11 is 0. The fourth-order valence-electron chi connectivity index (χ4n) is 2.60. The van der Waals surface area contributed by atoms with Crippen LogP contribution in [0.2, 0.25) is 0 Å². The number of benzene rings is 1. The molecule has 0 aliphatic heterocycles. The number of anilines is 1. The molecule has 0 saturated carbocycles. The van der Waals surface area contributed by atoms with E-state index < -0.39 is 6.04 Å². The summed E-state index contributed by atoms with van der Waals surface area (Å²) in [6.45, 7) is 9.87. The Morgan fingerprint density at radius 1 is 1.22 bits per heavy atom. The lowest BCUT2D eigenvalue weighted by Gasteiger charge is -2.24. The van der Waals surface area contributed by atoms with E-state index in [-0.39, 0.29) is 24.3 Å².